The Bertz CT molecular complexity index is 891. The number of hydrogen-bond donors (Lipinski definition) is 2. The van der Waals surface area contributed by atoms with Crippen molar-refractivity contribution in [3.8, 4) is 0 Å². The van der Waals surface area contributed by atoms with E-state index in [2.05, 4.69) is 20.8 Å². The van der Waals surface area contributed by atoms with Gasteiger partial charge in [0.05, 0.1) is 12.6 Å². The number of aromatic nitrogens is 4. The highest BCUT2D eigenvalue weighted by Gasteiger charge is 2.20. The van der Waals surface area contributed by atoms with Crippen molar-refractivity contribution in [1.29, 1.82) is 0 Å². The third-order valence-corrected chi connectivity index (χ3v) is 3.88. The third-order valence-electron chi connectivity index (χ3n) is 3.88. The number of nitrogens with zero attached hydrogens (tertiary/aromatic N) is 4. The molecule has 2 N–H and O–H groups in total. The number of benzene rings is 2. The van der Waals surface area contributed by atoms with E-state index in [1.807, 2.05) is 60.7 Å². The molecule has 0 saturated carbocycles. The zero-order valence-electron chi connectivity index (χ0n) is 14.3. The Labute approximate surface area is 151 Å². The highest BCUT2D eigenvalue weighted by molar-refractivity contribution is 6.18. The maximum absolute atomic E-state index is 12.9. The van der Waals surface area contributed by atoms with E-state index >= 15 is 0 Å². The van der Waals surface area contributed by atoms with Crippen LogP contribution in [-0.4, -0.2) is 37.8 Å². The number of aryl methyl sites for hydroxylation is 1. The first-order chi connectivity index (χ1) is 12.7. The number of hydrogen-bond acceptors (Lipinski definition) is 5. The van der Waals surface area contributed by atoms with Crippen molar-refractivity contribution in [3.63, 3.8) is 0 Å². The van der Waals surface area contributed by atoms with Crippen LogP contribution in [0.2, 0.25) is 0 Å². The van der Waals surface area contributed by atoms with Crippen LogP contribution in [0.4, 0.5) is 0 Å². The molecular formula is C19H19N5O2. The number of tetrazole rings is 1. The fourth-order valence-corrected chi connectivity index (χ4v) is 2.54. The fraction of sp³-hybridized carbons (Fsp3) is 0.158. The van der Waals surface area contributed by atoms with Crippen molar-refractivity contribution < 1.29 is 9.90 Å². The largest absolute Gasteiger partial charge is 0.394 e. The number of aliphatic hydroxyl groups excluding tert-OH is 1. The van der Waals surface area contributed by atoms with Crippen LogP contribution >= 0.6 is 0 Å². The summed E-state index contributed by atoms with van der Waals surface area (Å²) in [5, 5.41) is 23.9. The lowest BCUT2D eigenvalue weighted by atomic mass is 10.1. The molecule has 0 unspecified atom stereocenters. The first-order valence-corrected chi connectivity index (χ1v) is 8.18. The second kappa shape index (κ2) is 8.17. The van der Waals surface area contributed by atoms with Gasteiger partial charge in [0.1, 0.15) is 5.70 Å². The predicted octanol–water partition coefficient (Wildman–Crippen LogP) is 1.83. The highest BCUT2D eigenvalue weighted by atomic mass is 16.3. The minimum Gasteiger partial charge on any atom is -0.394 e. The quantitative estimate of drug-likeness (QED) is 0.662. The van der Waals surface area contributed by atoms with Crippen molar-refractivity contribution in [2.45, 2.75) is 13.0 Å². The van der Waals surface area contributed by atoms with Gasteiger partial charge in [0.15, 0.2) is 5.82 Å². The fourth-order valence-electron chi connectivity index (χ4n) is 2.54. The maximum atomic E-state index is 12.9. The molecule has 0 saturated heterocycles. The van der Waals surface area contributed by atoms with Crippen molar-refractivity contribution in [3.05, 3.63) is 77.6 Å². The van der Waals surface area contributed by atoms with Gasteiger partial charge in [-0.25, -0.2) is 0 Å². The monoisotopic (exact) mass is 349 g/mol. The highest BCUT2D eigenvalue weighted by Crippen LogP contribution is 2.16. The maximum Gasteiger partial charge on any atom is 0.270 e. The molecule has 1 atom stereocenters. The summed E-state index contributed by atoms with van der Waals surface area (Å²) in [6.07, 6.45) is 1.71. The number of nitrogens with one attached hydrogen (secondary N) is 1. The standard InChI is InChI=1S/C19H19N5O2/c1-14-21-22-23-24(14)18(12-15-8-4-2-5-9-15)19(26)20-17(13-25)16-10-6-3-7-11-16/h2-12,17,25H,13H2,1H3,(H,20,26)/b18-12+/t17-/m1/s1. The molecule has 0 aliphatic carbocycles. The summed E-state index contributed by atoms with van der Waals surface area (Å²) in [4.78, 5) is 12.9. The van der Waals surface area contributed by atoms with Crippen molar-refractivity contribution >= 4 is 17.7 Å². The molecule has 26 heavy (non-hydrogen) atoms. The van der Waals surface area contributed by atoms with Gasteiger partial charge in [-0.05, 0) is 34.6 Å². The molecule has 0 aliphatic rings. The SMILES string of the molecule is Cc1nnnn1/C(=C/c1ccccc1)C(=O)N[C@H](CO)c1ccccc1. The molecule has 0 spiro atoms. The molecule has 0 bridgehead atoms. The van der Waals surface area contributed by atoms with Crippen molar-refractivity contribution in [1.82, 2.24) is 25.5 Å². The van der Waals surface area contributed by atoms with Crippen LogP contribution in [0.3, 0.4) is 0 Å². The Morgan fingerprint density at radius 1 is 1.15 bits per heavy atom. The number of amides is 1. The molecule has 7 nitrogen and oxygen atoms in total. The lowest BCUT2D eigenvalue weighted by Crippen LogP contribution is -2.33. The van der Waals surface area contributed by atoms with Gasteiger partial charge < -0.3 is 10.4 Å². The van der Waals surface area contributed by atoms with Crippen LogP contribution in [0.15, 0.2) is 60.7 Å². The smallest absolute Gasteiger partial charge is 0.270 e. The van der Waals surface area contributed by atoms with E-state index in [9.17, 15) is 9.90 Å². The molecule has 1 heterocycles. The first-order valence-electron chi connectivity index (χ1n) is 8.18. The zero-order valence-corrected chi connectivity index (χ0v) is 14.3. The van der Waals surface area contributed by atoms with E-state index in [1.165, 1.54) is 4.68 Å². The molecule has 0 aliphatic heterocycles. The summed E-state index contributed by atoms with van der Waals surface area (Å²) in [7, 11) is 0. The normalized spacial score (nSPS) is 12.6. The molecule has 1 amide bonds. The summed E-state index contributed by atoms with van der Waals surface area (Å²) >= 11 is 0. The van der Waals surface area contributed by atoms with Crippen LogP contribution in [0.1, 0.15) is 23.0 Å². The lowest BCUT2D eigenvalue weighted by molar-refractivity contribution is -0.117. The van der Waals surface area contributed by atoms with Gasteiger partial charge in [-0.1, -0.05) is 60.7 Å². The van der Waals surface area contributed by atoms with Crippen LogP contribution in [-0.2, 0) is 4.79 Å². The Morgan fingerprint density at radius 3 is 2.38 bits per heavy atom. The van der Waals surface area contributed by atoms with E-state index in [1.54, 1.807) is 13.0 Å². The van der Waals surface area contributed by atoms with Crippen molar-refractivity contribution in [2.24, 2.45) is 0 Å². The summed E-state index contributed by atoms with van der Waals surface area (Å²) in [6, 6.07) is 18.2. The topological polar surface area (TPSA) is 92.9 Å². The molecule has 7 heteroatoms. The second-order valence-electron chi connectivity index (χ2n) is 5.70. The predicted molar refractivity (Wildman–Crippen MR) is 97.6 cm³/mol. The summed E-state index contributed by atoms with van der Waals surface area (Å²) in [6.45, 7) is 1.50. The van der Waals surface area contributed by atoms with Crippen LogP contribution in [0, 0.1) is 6.92 Å². The molecule has 0 fully saturated rings. The summed E-state index contributed by atoms with van der Waals surface area (Å²) < 4.78 is 1.38. The van der Waals surface area contributed by atoms with Gasteiger partial charge in [-0.2, -0.15) is 4.68 Å². The summed E-state index contributed by atoms with van der Waals surface area (Å²) in [5.41, 5.74) is 1.93. The Morgan fingerprint density at radius 2 is 1.81 bits per heavy atom. The van der Waals surface area contributed by atoms with Gasteiger partial charge in [0.25, 0.3) is 5.91 Å². The van der Waals surface area contributed by atoms with E-state index in [0.717, 1.165) is 11.1 Å². The molecule has 3 aromatic rings. The molecule has 3 rings (SSSR count). The Hall–Kier alpha value is -3.32. The minimum absolute atomic E-state index is 0.219. The summed E-state index contributed by atoms with van der Waals surface area (Å²) in [5.74, 6) is 0.106. The van der Waals surface area contributed by atoms with E-state index in [4.69, 9.17) is 0 Å². The van der Waals surface area contributed by atoms with E-state index < -0.39 is 6.04 Å². The number of carbonyl (C=O) groups is 1. The number of rotatable bonds is 6. The van der Waals surface area contributed by atoms with E-state index in [-0.39, 0.29) is 18.2 Å². The molecule has 1 aromatic heterocycles. The van der Waals surface area contributed by atoms with Gasteiger partial charge in [-0.3, -0.25) is 4.79 Å². The molecule has 0 radical (unpaired) electrons. The van der Waals surface area contributed by atoms with Gasteiger partial charge >= 0.3 is 0 Å². The van der Waals surface area contributed by atoms with Crippen LogP contribution < -0.4 is 5.32 Å². The third kappa shape index (κ3) is 4.01. The lowest BCUT2D eigenvalue weighted by Gasteiger charge is -2.18. The Balaban J connectivity index is 1.93. The van der Waals surface area contributed by atoms with Crippen LogP contribution in [0.5, 0.6) is 0 Å². The Kier molecular flexibility index (Phi) is 5.50. The zero-order chi connectivity index (χ0) is 18.4. The minimum atomic E-state index is -0.528. The van der Waals surface area contributed by atoms with Gasteiger partial charge in [0, 0.05) is 0 Å². The van der Waals surface area contributed by atoms with Crippen LogP contribution in [0.25, 0.3) is 11.8 Å². The average Bonchev–Trinajstić information content (AvgIpc) is 3.11. The number of aliphatic hydroxyl groups is 1. The second-order valence-corrected chi connectivity index (χ2v) is 5.70. The molecule has 2 aromatic carbocycles. The van der Waals surface area contributed by atoms with Gasteiger partial charge in [-0.15, -0.1) is 5.10 Å². The van der Waals surface area contributed by atoms with Crippen molar-refractivity contribution in [2.75, 3.05) is 6.61 Å². The van der Waals surface area contributed by atoms with Gasteiger partial charge in [0.2, 0.25) is 0 Å². The molecule has 132 valence electrons. The number of carbonyl (C=O) groups excluding carboxylic acids is 1. The molecular weight excluding hydrogens is 330 g/mol. The van der Waals surface area contributed by atoms with E-state index in [0.29, 0.717) is 5.82 Å². The first kappa shape index (κ1) is 17.5. The average molecular weight is 349 g/mol.